The van der Waals surface area contributed by atoms with Gasteiger partial charge in [0.1, 0.15) is 0 Å². The molecular formula is C29H22N2O5. The Bertz CT molecular complexity index is 1530. The van der Waals surface area contributed by atoms with Crippen molar-refractivity contribution in [3.8, 4) is 11.5 Å². The second-order valence-corrected chi connectivity index (χ2v) is 8.60. The third-order valence-corrected chi connectivity index (χ3v) is 6.28. The molecule has 0 spiro atoms. The number of anilines is 1. The van der Waals surface area contributed by atoms with Crippen LogP contribution in [0.15, 0.2) is 72.8 Å². The number of esters is 1. The van der Waals surface area contributed by atoms with E-state index in [0.717, 1.165) is 34.2 Å². The Labute approximate surface area is 207 Å². The van der Waals surface area contributed by atoms with Gasteiger partial charge in [-0.05, 0) is 53.8 Å². The standard InChI is InChI=1S/C29H22N2O5/c32-26(30-20-11-13-24-25(15-20)36-17-35-24)16-34-29(33)27-21-8-4-5-9-23(21)31-28-19(10-12-22(27)28)14-18-6-2-1-3-7-18/h1-9,11,13-15H,10,12,16-17H2,(H,30,32). The van der Waals surface area contributed by atoms with E-state index >= 15 is 0 Å². The molecule has 36 heavy (non-hydrogen) atoms. The third kappa shape index (κ3) is 4.15. The summed E-state index contributed by atoms with van der Waals surface area (Å²) in [6, 6.07) is 22.7. The van der Waals surface area contributed by atoms with Gasteiger partial charge in [-0.2, -0.15) is 0 Å². The fourth-order valence-electron chi connectivity index (χ4n) is 4.64. The van der Waals surface area contributed by atoms with Gasteiger partial charge in [-0.1, -0.05) is 48.5 Å². The van der Waals surface area contributed by atoms with Crippen molar-refractivity contribution in [2.45, 2.75) is 12.8 Å². The number of pyridine rings is 1. The van der Waals surface area contributed by atoms with Crippen molar-refractivity contribution in [2.75, 3.05) is 18.7 Å². The van der Waals surface area contributed by atoms with Crippen LogP contribution in [0.3, 0.4) is 0 Å². The number of hydrogen-bond acceptors (Lipinski definition) is 6. The molecular weight excluding hydrogens is 456 g/mol. The summed E-state index contributed by atoms with van der Waals surface area (Å²) in [5.74, 6) is 0.204. The molecule has 4 aromatic rings. The molecule has 2 aliphatic rings. The maximum absolute atomic E-state index is 13.3. The molecule has 178 valence electrons. The molecule has 7 nitrogen and oxygen atoms in total. The second kappa shape index (κ2) is 9.19. The van der Waals surface area contributed by atoms with E-state index in [1.165, 1.54) is 0 Å². The molecule has 3 aromatic carbocycles. The highest BCUT2D eigenvalue weighted by Gasteiger charge is 2.28. The Morgan fingerprint density at radius 1 is 0.944 bits per heavy atom. The molecule has 1 aliphatic carbocycles. The molecule has 1 N–H and O–H groups in total. The van der Waals surface area contributed by atoms with Crippen LogP contribution in [0.1, 0.15) is 33.6 Å². The number of allylic oxidation sites excluding steroid dienone is 1. The quantitative estimate of drug-likeness (QED) is 0.395. The maximum atomic E-state index is 13.3. The van der Waals surface area contributed by atoms with Crippen molar-refractivity contribution >= 4 is 40.1 Å². The average molecular weight is 479 g/mol. The Kier molecular flexibility index (Phi) is 5.58. The summed E-state index contributed by atoms with van der Waals surface area (Å²) < 4.78 is 16.1. The van der Waals surface area contributed by atoms with Crippen LogP contribution in [0.2, 0.25) is 0 Å². The van der Waals surface area contributed by atoms with Crippen LogP contribution in [0.4, 0.5) is 5.69 Å². The molecule has 0 saturated heterocycles. The minimum absolute atomic E-state index is 0.150. The lowest BCUT2D eigenvalue weighted by Crippen LogP contribution is -2.21. The molecule has 6 rings (SSSR count). The lowest BCUT2D eigenvalue weighted by atomic mass is 10.0. The highest BCUT2D eigenvalue weighted by atomic mass is 16.7. The summed E-state index contributed by atoms with van der Waals surface area (Å²) >= 11 is 0. The van der Waals surface area contributed by atoms with Crippen LogP contribution >= 0.6 is 0 Å². The van der Waals surface area contributed by atoms with Crippen LogP contribution in [-0.2, 0) is 16.0 Å². The Hall–Kier alpha value is -4.65. The van der Waals surface area contributed by atoms with E-state index in [1.807, 2.05) is 54.6 Å². The molecule has 1 amide bonds. The number of benzene rings is 3. The third-order valence-electron chi connectivity index (χ3n) is 6.28. The van der Waals surface area contributed by atoms with Crippen molar-refractivity contribution in [1.29, 1.82) is 0 Å². The number of para-hydroxylation sites is 1. The van der Waals surface area contributed by atoms with Gasteiger partial charge in [-0.3, -0.25) is 4.79 Å². The zero-order chi connectivity index (χ0) is 24.5. The number of carbonyl (C=O) groups is 2. The van der Waals surface area contributed by atoms with Crippen molar-refractivity contribution in [2.24, 2.45) is 0 Å². The van der Waals surface area contributed by atoms with E-state index in [0.29, 0.717) is 34.7 Å². The monoisotopic (exact) mass is 478 g/mol. The molecule has 0 atom stereocenters. The van der Waals surface area contributed by atoms with E-state index in [2.05, 4.69) is 11.4 Å². The number of hydrogen-bond donors (Lipinski definition) is 1. The fourth-order valence-corrected chi connectivity index (χ4v) is 4.64. The van der Waals surface area contributed by atoms with Crippen LogP contribution in [-0.4, -0.2) is 30.3 Å². The Morgan fingerprint density at radius 3 is 2.64 bits per heavy atom. The lowest BCUT2D eigenvalue weighted by Gasteiger charge is -2.12. The number of nitrogens with zero attached hydrogens (tertiary/aromatic N) is 1. The molecule has 1 aromatic heterocycles. The number of fused-ring (bicyclic) bond motifs is 3. The Balaban J connectivity index is 1.25. The molecule has 0 saturated carbocycles. The van der Waals surface area contributed by atoms with Crippen LogP contribution in [0.5, 0.6) is 11.5 Å². The van der Waals surface area contributed by atoms with Crippen molar-refractivity contribution < 1.29 is 23.8 Å². The number of nitrogens with one attached hydrogen (secondary N) is 1. The van der Waals surface area contributed by atoms with E-state index in [4.69, 9.17) is 19.2 Å². The summed E-state index contributed by atoms with van der Waals surface area (Å²) in [6.07, 6.45) is 3.57. The topological polar surface area (TPSA) is 86.8 Å². The van der Waals surface area contributed by atoms with Crippen LogP contribution < -0.4 is 14.8 Å². The predicted molar refractivity (Wildman–Crippen MR) is 136 cm³/mol. The normalized spacial score (nSPS) is 14.6. The zero-order valence-corrected chi connectivity index (χ0v) is 19.3. The summed E-state index contributed by atoms with van der Waals surface area (Å²) in [7, 11) is 0. The first-order valence-electron chi connectivity index (χ1n) is 11.7. The largest absolute Gasteiger partial charge is 0.454 e. The molecule has 0 unspecified atom stereocenters. The van der Waals surface area contributed by atoms with Gasteiger partial charge in [0.2, 0.25) is 6.79 Å². The zero-order valence-electron chi connectivity index (χ0n) is 19.3. The second-order valence-electron chi connectivity index (χ2n) is 8.60. The van der Waals surface area contributed by atoms with Gasteiger partial charge in [-0.25, -0.2) is 9.78 Å². The molecule has 2 heterocycles. The fraction of sp³-hybridized carbons (Fsp3) is 0.138. The number of aromatic nitrogens is 1. The van der Waals surface area contributed by atoms with Gasteiger partial charge in [0.15, 0.2) is 18.1 Å². The minimum Gasteiger partial charge on any atom is -0.454 e. The molecule has 7 heteroatoms. The first-order valence-corrected chi connectivity index (χ1v) is 11.7. The van der Waals surface area contributed by atoms with Crippen molar-refractivity contribution in [3.63, 3.8) is 0 Å². The smallest absolute Gasteiger partial charge is 0.339 e. The minimum atomic E-state index is -0.536. The van der Waals surface area contributed by atoms with Gasteiger partial charge < -0.3 is 19.5 Å². The van der Waals surface area contributed by atoms with Crippen LogP contribution in [0, 0.1) is 0 Å². The maximum Gasteiger partial charge on any atom is 0.339 e. The van der Waals surface area contributed by atoms with E-state index < -0.39 is 18.5 Å². The Morgan fingerprint density at radius 2 is 1.75 bits per heavy atom. The van der Waals surface area contributed by atoms with E-state index in [9.17, 15) is 9.59 Å². The van der Waals surface area contributed by atoms with Crippen molar-refractivity contribution in [3.05, 3.63) is 95.2 Å². The van der Waals surface area contributed by atoms with E-state index in [-0.39, 0.29) is 6.79 Å². The number of rotatable bonds is 5. The molecule has 0 radical (unpaired) electrons. The highest BCUT2D eigenvalue weighted by Crippen LogP contribution is 2.38. The van der Waals surface area contributed by atoms with Crippen LogP contribution in [0.25, 0.3) is 22.6 Å². The van der Waals surface area contributed by atoms with Gasteiger partial charge in [0, 0.05) is 17.1 Å². The van der Waals surface area contributed by atoms with Gasteiger partial charge in [0.05, 0.1) is 16.8 Å². The summed E-state index contributed by atoms with van der Waals surface area (Å²) in [5.41, 5.74) is 5.56. The van der Waals surface area contributed by atoms with E-state index in [1.54, 1.807) is 18.2 Å². The predicted octanol–water partition coefficient (Wildman–Crippen LogP) is 5.25. The molecule has 0 bridgehead atoms. The first-order chi connectivity index (χ1) is 17.7. The molecule has 1 aliphatic heterocycles. The average Bonchev–Trinajstić information content (AvgIpc) is 3.53. The summed E-state index contributed by atoms with van der Waals surface area (Å²) in [4.78, 5) is 30.7. The van der Waals surface area contributed by atoms with Gasteiger partial charge >= 0.3 is 5.97 Å². The summed E-state index contributed by atoms with van der Waals surface area (Å²) in [6.45, 7) is -0.262. The summed E-state index contributed by atoms with van der Waals surface area (Å²) in [5, 5.41) is 3.45. The first kappa shape index (κ1) is 21.9. The highest BCUT2D eigenvalue weighted by molar-refractivity contribution is 6.08. The number of carbonyl (C=O) groups excluding carboxylic acids is 2. The molecule has 0 fully saturated rings. The SMILES string of the molecule is O=C(COC(=O)c1c2c(nc3ccccc13)C(=Cc1ccccc1)CC2)Nc1ccc2c(c1)OCO2. The lowest BCUT2D eigenvalue weighted by molar-refractivity contribution is -0.119. The van der Waals surface area contributed by atoms with Gasteiger partial charge in [-0.15, -0.1) is 0 Å². The number of amides is 1. The number of ether oxygens (including phenoxy) is 3. The van der Waals surface area contributed by atoms with Gasteiger partial charge in [0.25, 0.3) is 5.91 Å². The van der Waals surface area contributed by atoms with Crippen molar-refractivity contribution in [1.82, 2.24) is 4.98 Å².